The van der Waals surface area contributed by atoms with Crippen molar-refractivity contribution in [3.05, 3.63) is 48.5 Å². The SMILES string of the molecule is CC(Cl)c1nc2cnccc2n1-c1cccc(N(C)C)c1. The van der Waals surface area contributed by atoms with Gasteiger partial charge in [-0.3, -0.25) is 9.55 Å². The maximum atomic E-state index is 6.32. The summed E-state index contributed by atoms with van der Waals surface area (Å²) in [5, 5.41) is -0.180. The standard InChI is InChI=1S/C16H17ClN4/c1-11(17)16-19-14-10-18-8-7-15(14)21(16)13-6-4-5-12(9-13)20(2)3/h4-11H,1-3H3. The zero-order valence-corrected chi connectivity index (χ0v) is 13.0. The molecule has 2 heterocycles. The van der Waals surface area contributed by atoms with Gasteiger partial charge in [0.15, 0.2) is 0 Å². The van der Waals surface area contributed by atoms with E-state index in [4.69, 9.17) is 11.6 Å². The van der Waals surface area contributed by atoms with Crippen molar-refractivity contribution in [1.82, 2.24) is 14.5 Å². The molecule has 0 amide bonds. The van der Waals surface area contributed by atoms with E-state index in [0.29, 0.717) is 0 Å². The highest BCUT2D eigenvalue weighted by molar-refractivity contribution is 6.20. The predicted molar refractivity (Wildman–Crippen MR) is 87.5 cm³/mol. The molecular formula is C16H17ClN4. The Kier molecular flexibility index (Phi) is 3.55. The van der Waals surface area contributed by atoms with Crippen LogP contribution in [0.4, 0.5) is 5.69 Å². The van der Waals surface area contributed by atoms with Crippen LogP contribution in [0.1, 0.15) is 18.1 Å². The lowest BCUT2D eigenvalue weighted by molar-refractivity contribution is 0.882. The summed E-state index contributed by atoms with van der Waals surface area (Å²) in [4.78, 5) is 10.8. The van der Waals surface area contributed by atoms with Gasteiger partial charge in [0, 0.05) is 31.7 Å². The molecule has 1 unspecified atom stereocenters. The van der Waals surface area contributed by atoms with Gasteiger partial charge < -0.3 is 4.90 Å². The molecule has 3 aromatic rings. The molecule has 0 aliphatic carbocycles. The molecule has 5 heteroatoms. The number of nitrogens with zero attached hydrogens (tertiary/aromatic N) is 4. The van der Waals surface area contributed by atoms with Gasteiger partial charge in [-0.25, -0.2) is 4.98 Å². The summed E-state index contributed by atoms with van der Waals surface area (Å²) in [5.74, 6) is 0.829. The van der Waals surface area contributed by atoms with Crippen LogP contribution in [0.2, 0.25) is 0 Å². The molecule has 0 aliphatic rings. The average molecular weight is 301 g/mol. The number of rotatable bonds is 3. The molecule has 4 nitrogen and oxygen atoms in total. The van der Waals surface area contributed by atoms with Crippen LogP contribution >= 0.6 is 11.6 Å². The summed E-state index contributed by atoms with van der Waals surface area (Å²) in [7, 11) is 4.06. The first-order valence-corrected chi connectivity index (χ1v) is 7.26. The number of imidazole rings is 1. The number of anilines is 1. The van der Waals surface area contributed by atoms with E-state index < -0.39 is 0 Å². The number of aromatic nitrogens is 3. The Bertz CT molecular complexity index is 777. The first-order chi connectivity index (χ1) is 10.1. The Morgan fingerprint density at radius 1 is 1.24 bits per heavy atom. The Hall–Kier alpha value is -2.07. The Morgan fingerprint density at radius 2 is 2.05 bits per heavy atom. The van der Waals surface area contributed by atoms with Crippen LogP contribution in [0, 0.1) is 0 Å². The highest BCUT2D eigenvalue weighted by Crippen LogP contribution is 2.29. The zero-order chi connectivity index (χ0) is 15.0. The number of alkyl halides is 1. The molecular weight excluding hydrogens is 284 g/mol. The van der Waals surface area contributed by atoms with Crippen LogP contribution in [0.5, 0.6) is 0 Å². The summed E-state index contributed by atoms with van der Waals surface area (Å²) in [6, 6.07) is 10.3. The van der Waals surface area contributed by atoms with Gasteiger partial charge in [0.1, 0.15) is 11.3 Å². The summed E-state index contributed by atoms with van der Waals surface area (Å²) in [5.41, 5.74) is 4.06. The van der Waals surface area contributed by atoms with E-state index in [1.54, 1.807) is 12.4 Å². The number of benzene rings is 1. The van der Waals surface area contributed by atoms with Crippen LogP contribution in [-0.4, -0.2) is 28.6 Å². The van der Waals surface area contributed by atoms with Crippen molar-refractivity contribution in [2.24, 2.45) is 0 Å². The van der Waals surface area contributed by atoms with Gasteiger partial charge in [-0.1, -0.05) is 6.07 Å². The minimum Gasteiger partial charge on any atom is -0.378 e. The van der Waals surface area contributed by atoms with E-state index in [1.165, 1.54) is 0 Å². The molecule has 21 heavy (non-hydrogen) atoms. The van der Waals surface area contributed by atoms with Crippen LogP contribution in [0.15, 0.2) is 42.7 Å². The fourth-order valence-electron chi connectivity index (χ4n) is 2.40. The second kappa shape index (κ2) is 5.37. The zero-order valence-electron chi connectivity index (χ0n) is 12.3. The predicted octanol–water partition coefficient (Wildman–Crippen LogP) is 3.79. The van der Waals surface area contributed by atoms with E-state index in [1.807, 2.05) is 33.2 Å². The van der Waals surface area contributed by atoms with Gasteiger partial charge in [0.25, 0.3) is 0 Å². The summed E-state index contributed by atoms with van der Waals surface area (Å²) >= 11 is 6.32. The van der Waals surface area contributed by atoms with Crippen molar-refractivity contribution in [2.45, 2.75) is 12.3 Å². The molecule has 2 aromatic heterocycles. The maximum Gasteiger partial charge on any atom is 0.132 e. The fraction of sp³-hybridized carbons (Fsp3) is 0.250. The Morgan fingerprint density at radius 3 is 2.76 bits per heavy atom. The number of hydrogen-bond donors (Lipinski definition) is 0. The Labute approximate surface area is 129 Å². The van der Waals surface area contributed by atoms with E-state index in [2.05, 4.69) is 37.6 Å². The topological polar surface area (TPSA) is 34.0 Å². The van der Waals surface area contributed by atoms with Gasteiger partial charge in [-0.15, -0.1) is 11.6 Å². The van der Waals surface area contributed by atoms with Crippen molar-refractivity contribution in [1.29, 1.82) is 0 Å². The molecule has 1 aromatic carbocycles. The molecule has 0 radical (unpaired) electrons. The monoisotopic (exact) mass is 300 g/mol. The first kappa shape index (κ1) is 13.9. The molecule has 1 atom stereocenters. The number of hydrogen-bond acceptors (Lipinski definition) is 3. The third-order valence-electron chi connectivity index (χ3n) is 3.44. The van der Waals surface area contributed by atoms with Crippen molar-refractivity contribution in [3.63, 3.8) is 0 Å². The fourth-order valence-corrected chi connectivity index (χ4v) is 2.55. The Balaban J connectivity index is 2.28. The lowest BCUT2D eigenvalue weighted by Gasteiger charge is -2.16. The molecule has 0 saturated carbocycles. The second-order valence-electron chi connectivity index (χ2n) is 5.20. The van der Waals surface area contributed by atoms with E-state index in [9.17, 15) is 0 Å². The molecule has 108 valence electrons. The van der Waals surface area contributed by atoms with Gasteiger partial charge in [0.2, 0.25) is 0 Å². The lowest BCUT2D eigenvalue weighted by Crippen LogP contribution is -2.09. The van der Waals surface area contributed by atoms with E-state index >= 15 is 0 Å². The van der Waals surface area contributed by atoms with Crippen LogP contribution in [0.25, 0.3) is 16.7 Å². The van der Waals surface area contributed by atoms with Crippen LogP contribution in [0.3, 0.4) is 0 Å². The summed E-state index contributed by atoms with van der Waals surface area (Å²) < 4.78 is 2.10. The molecule has 0 spiro atoms. The number of halogens is 1. The third kappa shape index (κ3) is 2.47. The molecule has 0 aliphatic heterocycles. The minimum atomic E-state index is -0.180. The van der Waals surface area contributed by atoms with Gasteiger partial charge in [-0.2, -0.15) is 0 Å². The largest absolute Gasteiger partial charge is 0.378 e. The first-order valence-electron chi connectivity index (χ1n) is 6.82. The smallest absolute Gasteiger partial charge is 0.132 e. The van der Waals surface area contributed by atoms with Gasteiger partial charge >= 0.3 is 0 Å². The van der Waals surface area contributed by atoms with Gasteiger partial charge in [-0.05, 0) is 31.2 Å². The quantitative estimate of drug-likeness (QED) is 0.690. The lowest BCUT2D eigenvalue weighted by atomic mass is 10.2. The van der Waals surface area contributed by atoms with Crippen LogP contribution in [-0.2, 0) is 0 Å². The number of pyridine rings is 1. The van der Waals surface area contributed by atoms with Crippen molar-refractivity contribution in [2.75, 3.05) is 19.0 Å². The molecule has 0 bridgehead atoms. The number of fused-ring (bicyclic) bond motifs is 1. The van der Waals surface area contributed by atoms with E-state index in [0.717, 1.165) is 28.2 Å². The highest BCUT2D eigenvalue weighted by Gasteiger charge is 2.16. The van der Waals surface area contributed by atoms with Crippen molar-refractivity contribution in [3.8, 4) is 5.69 Å². The molecule has 3 rings (SSSR count). The second-order valence-corrected chi connectivity index (χ2v) is 5.85. The average Bonchev–Trinajstić information content (AvgIpc) is 2.87. The third-order valence-corrected chi connectivity index (χ3v) is 3.64. The minimum absolute atomic E-state index is 0.180. The van der Waals surface area contributed by atoms with E-state index in [-0.39, 0.29) is 5.38 Å². The van der Waals surface area contributed by atoms with Gasteiger partial charge in [0.05, 0.1) is 17.1 Å². The molecule has 0 N–H and O–H groups in total. The highest BCUT2D eigenvalue weighted by atomic mass is 35.5. The van der Waals surface area contributed by atoms with Crippen molar-refractivity contribution >= 4 is 28.3 Å². The summed E-state index contributed by atoms with van der Waals surface area (Å²) in [6.07, 6.45) is 3.55. The molecule has 0 fully saturated rings. The normalized spacial score (nSPS) is 12.6. The molecule has 0 saturated heterocycles. The van der Waals surface area contributed by atoms with Crippen LogP contribution < -0.4 is 4.90 Å². The maximum absolute atomic E-state index is 6.32. The van der Waals surface area contributed by atoms with Crippen molar-refractivity contribution < 1.29 is 0 Å². The summed E-state index contributed by atoms with van der Waals surface area (Å²) in [6.45, 7) is 1.93.